The molecule has 14 rings (SSSR count). The van der Waals surface area contributed by atoms with Gasteiger partial charge in [0.15, 0.2) is 8.07 Å². The van der Waals surface area contributed by atoms with Crippen molar-refractivity contribution in [2.75, 3.05) is 0 Å². The summed E-state index contributed by atoms with van der Waals surface area (Å²) >= 11 is 0. The summed E-state index contributed by atoms with van der Waals surface area (Å²) in [5.41, 5.74) is 10.1. The number of hydrogen-bond acceptors (Lipinski definition) is 1. The molecule has 0 N–H and O–H groups in total. The molecule has 0 radical (unpaired) electrons. The van der Waals surface area contributed by atoms with Crippen molar-refractivity contribution < 1.29 is 0 Å². The minimum Gasteiger partial charge on any atom is -0.309 e. The molecular weight excluding hydrogens is 865 g/mol. The highest BCUT2D eigenvalue weighted by molar-refractivity contribution is 7.19. The summed E-state index contributed by atoms with van der Waals surface area (Å²) in [4.78, 5) is 5.74. The Kier molecular flexibility index (Phi) is 9.19. The number of aromatic nitrogens is 4. The number of hydrogen-bond donors (Lipinski definition) is 0. The second kappa shape index (κ2) is 16.1. The lowest BCUT2D eigenvalue weighted by Gasteiger charge is -2.35. The summed E-state index contributed by atoms with van der Waals surface area (Å²) in [6, 6.07) is 98.4. The van der Waals surface area contributed by atoms with E-state index in [4.69, 9.17) is 4.98 Å². The smallest absolute Gasteiger partial charge is 0.179 e. The van der Waals surface area contributed by atoms with Gasteiger partial charge in [0.05, 0.1) is 38.8 Å². The Labute approximate surface area is 406 Å². The fourth-order valence-electron chi connectivity index (χ4n) is 11.7. The minimum absolute atomic E-state index is 0.852. The first kappa shape index (κ1) is 40.1. The number of nitrogens with zero attached hydrogens (tertiary/aromatic N) is 4. The third-order valence-corrected chi connectivity index (χ3v) is 19.4. The largest absolute Gasteiger partial charge is 0.309 e. The van der Waals surface area contributed by atoms with Crippen LogP contribution in [0.5, 0.6) is 0 Å². The third-order valence-electron chi connectivity index (χ3n) is 14.6. The minimum atomic E-state index is -2.97. The molecule has 14 aromatic rings. The first-order chi connectivity index (χ1) is 34.8. The molecule has 0 spiro atoms. The standard InChI is InChI=1S/C65H44N4Si/c1-4-22-46(23-5-1)70(47-24-6-2-7-25-47,48-26-8-3-9-27-48)49-40-41-50(63(44-49)67-57-34-16-10-28-51(57)52-29-11-17-35-58(52)67)45-42-64(68-59-36-18-12-30-53(59)54-31-13-19-37-60(54)68)66-65(43-45)69-61-38-20-14-32-55(61)56-33-15-21-39-62(56)69/h1-44H. The normalized spacial score (nSPS) is 12.0. The zero-order valence-electron chi connectivity index (χ0n) is 38.2. The third kappa shape index (κ3) is 5.98. The van der Waals surface area contributed by atoms with Crippen molar-refractivity contribution in [3.63, 3.8) is 0 Å². The summed E-state index contributed by atoms with van der Waals surface area (Å²) in [7, 11) is -2.97. The van der Waals surface area contributed by atoms with E-state index in [0.29, 0.717) is 0 Å². The van der Waals surface area contributed by atoms with Gasteiger partial charge in [-0.05, 0) is 80.9 Å². The van der Waals surface area contributed by atoms with Crippen molar-refractivity contribution >= 4 is 94.2 Å². The fraction of sp³-hybridized carbons (Fsp3) is 0. The van der Waals surface area contributed by atoms with Crippen molar-refractivity contribution in [2.24, 2.45) is 0 Å². The molecule has 4 aromatic heterocycles. The van der Waals surface area contributed by atoms with Gasteiger partial charge in [0, 0.05) is 37.9 Å². The zero-order chi connectivity index (χ0) is 46.2. The molecular formula is C65H44N4Si. The molecule has 5 heteroatoms. The van der Waals surface area contributed by atoms with E-state index >= 15 is 0 Å². The predicted molar refractivity (Wildman–Crippen MR) is 296 cm³/mol. The molecule has 0 fully saturated rings. The number of pyridine rings is 1. The van der Waals surface area contributed by atoms with Gasteiger partial charge in [0.25, 0.3) is 0 Å². The lowest BCUT2D eigenvalue weighted by Crippen LogP contribution is -2.74. The van der Waals surface area contributed by atoms with Crippen LogP contribution in [0.1, 0.15) is 0 Å². The Balaban J connectivity index is 1.14. The maximum atomic E-state index is 5.74. The monoisotopic (exact) mass is 908 g/mol. The Morgan fingerprint density at radius 3 is 0.900 bits per heavy atom. The molecule has 0 unspecified atom stereocenters. The van der Waals surface area contributed by atoms with E-state index in [1.165, 1.54) is 53.1 Å². The van der Waals surface area contributed by atoms with Crippen LogP contribution >= 0.6 is 0 Å². The highest BCUT2D eigenvalue weighted by Crippen LogP contribution is 2.40. The summed E-state index contributed by atoms with van der Waals surface area (Å²) in [5, 5.41) is 12.5. The molecule has 4 heterocycles. The summed E-state index contributed by atoms with van der Waals surface area (Å²) in [6.07, 6.45) is 0. The second-order valence-electron chi connectivity index (χ2n) is 18.3. The molecule has 0 atom stereocenters. The molecule has 0 aliphatic heterocycles. The maximum Gasteiger partial charge on any atom is 0.179 e. The van der Waals surface area contributed by atoms with Crippen molar-refractivity contribution in [2.45, 2.75) is 0 Å². The van der Waals surface area contributed by atoms with Crippen LogP contribution in [0.15, 0.2) is 267 Å². The van der Waals surface area contributed by atoms with Crippen LogP contribution in [0, 0.1) is 0 Å². The van der Waals surface area contributed by atoms with E-state index in [-0.39, 0.29) is 0 Å². The molecule has 0 saturated carbocycles. The van der Waals surface area contributed by atoms with Crippen LogP contribution in [0.3, 0.4) is 0 Å². The van der Waals surface area contributed by atoms with Crippen LogP contribution in [0.25, 0.3) is 93.9 Å². The van der Waals surface area contributed by atoms with Gasteiger partial charge < -0.3 is 4.57 Å². The number of rotatable bonds is 8. The highest BCUT2D eigenvalue weighted by atomic mass is 28.3. The van der Waals surface area contributed by atoms with Gasteiger partial charge in [-0.1, -0.05) is 212 Å². The first-order valence-corrected chi connectivity index (χ1v) is 26.0. The van der Waals surface area contributed by atoms with Crippen LogP contribution in [-0.4, -0.2) is 26.8 Å². The number of benzene rings is 10. The maximum absolute atomic E-state index is 5.74. The van der Waals surface area contributed by atoms with E-state index in [9.17, 15) is 0 Å². The first-order valence-electron chi connectivity index (χ1n) is 24.0. The highest BCUT2D eigenvalue weighted by Gasteiger charge is 2.42. The van der Waals surface area contributed by atoms with E-state index in [0.717, 1.165) is 61.6 Å². The molecule has 0 saturated heterocycles. The quantitative estimate of drug-likeness (QED) is 0.110. The van der Waals surface area contributed by atoms with E-state index in [2.05, 4.69) is 281 Å². The molecule has 70 heavy (non-hydrogen) atoms. The van der Waals surface area contributed by atoms with Crippen LogP contribution in [-0.2, 0) is 0 Å². The van der Waals surface area contributed by atoms with Crippen molar-refractivity contribution in [1.29, 1.82) is 0 Å². The average molecular weight is 909 g/mol. The van der Waals surface area contributed by atoms with Gasteiger partial charge in [-0.3, -0.25) is 9.13 Å². The summed E-state index contributed by atoms with van der Waals surface area (Å²) in [5.74, 6) is 1.70. The predicted octanol–water partition coefficient (Wildman–Crippen LogP) is 13.4. The lowest BCUT2D eigenvalue weighted by molar-refractivity contribution is 1.01. The van der Waals surface area contributed by atoms with Gasteiger partial charge in [-0.2, -0.15) is 0 Å². The van der Waals surface area contributed by atoms with E-state index in [1.54, 1.807) is 0 Å². The molecule has 0 bridgehead atoms. The van der Waals surface area contributed by atoms with Crippen molar-refractivity contribution in [3.05, 3.63) is 267 Å². The molecule has 0 aliphatic rings. The van der Waals surface area contributed by atoms with Gasteiger partial charge in [0.2, 0.25) is 0 Å². The zero-order valence-corrected chi connectivity index (χ0v) is 39.2. The van der Waals surface area contributed by atoms with Gasteiger partial charge in [0.1, 0.15) is 11.6 Å². The Morgan fingerprint density at radius 2 is 0.557 bits per heavy atom. The second-order valence-corrected chi connectivity index (χ2v) is 22.1. The number of para-hydroxylation sites is 6. The van der Waals surface area contributed by atoms with Crippen LogP contribution in [0.4, 0.5) is 0 Å². The lowest BCUT2D eigenvalue weighted by atomic mass is 10.0. The molecule has 10 aromatic carbocycles. The average Bonchev–Trinajstić information content (AvgIpc) is 4.08. The Morgan fingerprint density at radius 1 is 0.257 bits per heavy atom. The Hall–Kier alpha value is -9.03. The van der Waals surface area contributed by atoms with Crippen LogP contribution in [0.2, 0.25) is 0 Å². The summed E-state index contributed by atoms with van der Waals surface area (Å²) in [6.45, 7) is 0. The van der Waals surface area contributed by atoms with Gasteiger partial charge in [-0.15, -0.1) is 0 Å². The topological polar surface area (TPSA) is 27.7 Å². The molecule has 4 nitrogen and oxygen atoms in total. The van der Waals surface area contributed by atoms with Crippen LogP contribution < -0.4 is 20.7 Å². The number of fused-ring (bicyclic) bond motifs is 9. The summed E-state index contributed by atoms with van der Waals surface area (Å²) < 4.78 is 7.24. The van der Waals surface area contributed by atoms with Crippen molar-refractivity contribution in [1.82, 2.24) is 18.7 Å². The van der Waals surface area contributed by atoms with Gasteiger partial charge >= 0.3 is 0 Å². The SMILES string of the molecule is c1ccc([Si](c2ccccc2)(c2ccccc2)c2ccc(-c3cc(-n4c5ccccc5c5ccccc54)nc(-n4c5ccccc5c5ccccc54)c3)c(-n3c4ccccc4c4ccccc43)c2)cc1. The molecule has 0 aliphatic carbocycles. The van der Waals surface area contributed by atoms with E-state index < -0.39 is 8.07 Å². The van der Waals surface area contributed by atoms with E-state index in [1.807, 2.05) is 0 Å². The Bertz CT molecular complexity index is 3910. The fourth-order valence-corrected chi connectivity index (χ4v) is 16.4. The molecule has 0 amide bonds. The van der Waals surface area contributed by atoms with Crippen molar-refractivity contribution in [3.8, 4) is 28.5 Å². The molecule has 328 valence electrons. The van der Waals surface area contributed by atoms with Gasteiger partial charge in [-0.25, -0.2) is 4.98 Å².